The molecular formula is C16H14O2. The lowest BCUT2D eigenvalue weighted by molar-refractivity contribution is 0.0961. The summed E-state index contributed by atoms with van der Waals surface area (Å²) in [5.41, 5.74) is 2.48. The summed E-state index contributed by atoms with van der Waals surface area (Å²) in [4.78, 5) is 25.0. The lowest BCUT2D eigenvalue weighted by Crippen LogP contribution is -2.29. The lowest BCUT2D eigenvalue weighted by atomic mass is 9.72. The second-order valence-electron chi connectivity index (χ2n) is 4.99. The monoisotopic (exact) mass is 238 g/mol. The molecule has 2 atom stereocenters. The van der Waals surface area contributed by atoms with E-state index in [0.29, 0.717) is 22.3 Å². The van der Waals surface area contributed by atoms with E-state index in [-0.39, 0.29) is 23.4 Å². The zero-order valence-electron chi connectivity index (χ0n) is 10.4. The number of rotatable bonds is 0. The topological polar surface area (TPSA) is 34.1 Å². The molecule has 0 radical (unpaired) electrons. The fraction of sp³-hybridized carbons (Fsp3) is 0.250. The summed E-state index contributed by atoms with van der Waals surface area (Å²) in [6, 6.07) is 7.11. The number of hydrogen-bond donors (Lipinski definition) is 0. The van der Waals surface area contributed by atoms with Crippen LogP contribution in [0.3, 0.4) is 0 Å². The van der Waals surface area contributed by atoms with Gasteiger partial charge in [0.15, 0.2) is 11.6 Å². The molecule has 0 saturated heterocycles. The number of carbonyl (C=O) groups is 2. The molecule has 1 aromatic rings. The Kier molecular flexibility index (Phi) is 2.34. The minimum atomic E-state index is 0.0175. The van der Waals surface area contributed by atoms with E-state index in [4.69, 9.17) is 0 Å². The number of benzene rings is 1. The Morgan fingerprint density at radius 2 is 1.17 bits per heavy atom. The first-order valence-electron chi connectivity index (χ1n) is 6.22. The van der Waals surface area contributed by atoms with E-state index in [9.17, 15) is 9.59 Å². The molecule has 0 amide bonds. The largest absolute Gasteiger partial charge is 0.289 e. The van der Waals surface area contributed by atoms with Gasteiger partial charge >= 0.3 is 0 Å². The summed E-state index contributed by atoms with van der Waals surface area (Å²) in [6.45, 7) is 3.94. The van der Waals surface area contributed by atoms with Crippen molar-refractivity contribution in [1.29, 1.82) is 0 Å². The van der Waals surface area contributed by atoms with Gasteiger partial charge in [0.25, 0.3) is 0 Å². The third kappa shape index (κ3) is 1.35. The average Bonchev–Trinajstić information content (AvgIpc) is 2.38. The van der Waals surface area contributed by atoms with Crippen LogP contribution in [0.15, 0.2) is 47.6 Å². The molecule has 2 heteroatoms. The number of carbonyl (C=O) groups excluding carboxylic acids is 2. The summed E-state index contributed by atoms with van der Waals surface area (Å²) in [5, 5.41) is 0. The van der Waals surface area contributed by atoms with Crippen LogP contribution in [0.5, 0.6) is 0 Å². The maximum atomic E-state index is 12.5. The van der Waals surface area contributed by atoms with Gasteiger partial charge in [-0.15, -0.1) is 0 Å². The van der Waals surface area contributed by atoms with E-state index in [1.54, 1.807) is 12.1 Å². The smallest absolute Gasteiger partial charge is 0.190 e. The van der Waals surface area contributed by atoms with Crippen LogP contribution in [0.2, 0.25) is 0 Å². The van der Waals surface area contributed by atoms with E-state index in [1.807, 2.05) is 38.1 Å². The molecule has 90 valence electrons. The molecule has 1 aromatic carbocycles. The third-order valence-corrected chi connectivity index (χ3v) is 3.79. The van der Waals surface area contributed by atoms with Crippen molar-refractivity contribution in [2.45, 2.75) is 13.8 Å². The Bertz CT molecular complexity index is 567. The molecule has 0 aliphatic heterocycles. The zero-order chi connectivity index (χ0) is 12.9. The first kappa shape index (κ1) is 11.1. The Labute approximate surface area is 106 Å². The molecule has 18 heavy (non-hydrogen) atoms. The molecular weight excluding hydrogens is 224 g/mol. The molecule has 3 rings (SSSR count). The zero-order valence-corrected chi connectivity index (χ0v) is 10.4. The van der Waals surface area contributed by atoms with E-state index in [0.717, 1.165) is 0 Å². The van der Waals surface area contributed by atoms with E-state index in [2.05, 4.69) is 0 Å². The van der Waals surface area contributed by atoms with Crippen molar-refractivity contribution in [1.82, 2.24) is 0 Å². The van der Waals surface area contributed by atoms with Gasteiger partial charge in [-0.25, -0.2) is 0 Å². The van der Waals surface area contributed by atoms with Gasteiger partial charge in [0.2, 0.25) is 0 Å². The molecule has 0 fully saturated rings. The Morgan fingerprint density at radius 3 is 1.56 bits per heavy atom. The number of ketones is 2. The fourth-order valence-corrected chi connectivity index (χ4v) is 2.84. The normalized spacial score (nSPS) is 26.1. The summed E-state index contributed by atoms with van der Waals surface area (Å²) in [7, 11) is 0. The summed E-state index contributed by atoms with van der Waals surface area (Å²) >= 11 is 0. The number of Topliss-reactive ketones (excluding diaryl/α,β-unsaturated/α-hetero) is 2. The first-order chi connectivity index (χ1) is 8.61. The van der Waals surface area contributed by atoms with Crippen molar-refractivity contribution in [3.05, 3.63) is 58.7 Å². The molecule has 0 heterocycles. The molecule has 2 aliphatic rings. The number of hydrogen-bond acceptors (Lipinski definition) is 2. The van der Waals surface area contributed by atoms with E-state index < -0.39 is 0 Å². The van der Waals surface area contributed by atoms with E-state index >= 15 is 0 Å². The van der Waals surface area contributed by atoms with Crippen molar-refractivity contribution in [2.24, 2.45) is 11.8 Å². The van der Waals surface area contributed by atoms with Gasteiger partial charge in [-0.1, -0.05) is 50.3 Å². The lowest BCUT2D eigenvalue weighted by Gasteiger charge is -2.29. The standard InChI is InChI=1S/C16H14O2/c1-9-7-8-10(2)14-13(9)15(17)11-5-3-4-6-12(11)16(14)18/h3-10H,1-2H3. The van der Waals surface area contributed by atoms with Gasteiger partial charge in [0.1, 0.15) is 0 Å². The van der Waals surface area contributed by atoms with E-state index in [1.165, 1.54) is 0 Å². The van der Waals surface area contributed by atoms with Crippen molar-refractivity contribution in [3.63, 3.8) is 0 Å². The predicted molar refractivity (Wildman–Crippen MR) is 69.6 cm³/mol. The van der Waals surface area contributed by atoms with Gasteiger partial charge in [-0.05, 0) is 0 Å². The maximum Gasteiger partial charge on any atom is 0.190 e. The Balaban J connectivity index is 2.27. The Morgan fingerprint density at radius 1 is 0.778 bits per heavy atom. The second-order valence-corrected chi connectivity index (χ2v) is 4.99. The molecule has 2 unspecified atom stereocenters. The first-order valence-corrected chi connectivity index (χ1v) is 6.22. The van der Waals surface area contributed by atoms with Crippen molar-refractivity contribution < 1.29 is 9.59 Å². The van der Waals surface area contributed by atoms with Gasteiger partial charge in [0.05, 0.1) is 0 Å². The molecule has 0 spiro atoms. The van der Waals surface area contributed by atoms with Crippen LogP contribution in [0, 0.1) is 11.8 Å². The van der Waals surface area contributed by atoms with Crippen LogP contribution in [-0.2, 0) is 0 Å². The van der Waals surface area contributed by atoms with Crippen molar-refractivity contribution in [3.8, 4) is 0 Å². The van der Waals surface area contributed by atoms with Gasteiger partial charge in [-0.3, -0.25) is 9.59 Å². The molecule has 0 saturated carbocycles. The van der Waals surface area contributed by atoms with Crippen LogP contribution >= 0.6 is 0 Å². The highest BCUT2D eigenvalue weighted by molar-refractivity contribution is 6.27. The maximum absolute atomic E-state index is 12.5. The van der Waals surface area contributed by atoms with Gasteiger partial charge < -0.3 is 0 Å². The summed E-state index contributed by atoms with van der Waals surface area (Å²) in [5.74, 6) is 0.0924. The highest BCUT2D eigenvalue weighted by atomic mass is 16.1. The highest BCUT2D eigenvalue weighted by Gasteiger charge is 2.36. The highest BCUT2D eigenvalue weighted by Crippen LogP contribution is 2.37. The van der Waals surface area contributed by atoms with Crippen LogP contribution in [0.4, 0.5) is 0 Å². The van der Waals surface area contributed by atoms with Gasteiger partial charge in [-0.2, -0.15) is 0 Å². The molecule has 2 aliphatic carbocycles. The quantitative estimate of drug-likeness (QED) is 0.650. The van der Waals surface area contributed by atoms with Crippen molar-refractivity contribution in [2.75, 3.05) is 0 Å². The van der Waals surface area contributed by atoms with Crippen LogP contribution < -0.4 is 0 Å². The van der Waals surface area contributed by atoms with Crippen LogP contribution in [0.1, 0.15) is 34.6 Å². The second kappa shape index (κ2) is 3.77. The van der Waals surface area contributed by atoms with Gasteiger partial charge in [0, 0.05) is 34.1 Å². The predicted octanol–water partition coefficient (Wildman–Crippen LogP) is 3.20. The van der Waals surface area contributed by atoms with Crippen LogP contribution in [-0.4, -0.2) is 11.6 Å². The number of allylic oxidation sites excluding steroid dienone is 4. The molecule has 0 N–H and O–H groups in total. The minimum absolute atomic E-state index is 0.0175. The third-order valence-electron chi connectivity index (χ3n) is 3.79. The molecule has 2 nitrogen and oxygen atoms in total. The fourth-order valence-electron chi connectivity index (χ4n) is 2.84. The molecule has 0 bridgehead atoms. The van der Waals surface area contributed by atoms with Crippen molar-refractivity contribution >= 4 is 11.6 Å². The average molecular weight is 238 g/mol. The SMILES string of the molecule is CC1C=CC(C)C2=C1C(=O)c1ccccc1C2=O. The molecule has 0 aromatic heterocycles. The van der Waals surface area contributed by atoms with Crippen LogP contribution in [0.25, 0.3) is 0 Å². The summed E-state index contributed by atoms with van der Waals surface area (Å²) < 4.78 is 0. The number of fused-ring (bicyclic) bond motifs is 1. The summed E-state index contributed by atoms with van der Waals surface area (Å²) in [6.07, 6.45) is 4.03. The minimum Gasteiger partial charge on any atom is -0.289 e. The Hall–Kier alpha value is -1.96.